The predicted molar refractivity (Wildman–Crippen MR) is 74.0 cm³/mol. The third kappa shape index (κ3) is 4.08. The van der Waals surface area contributed by atoms with Gasteiger partial charge in [-0.25, -0.2) is 9.78 Å². The minimum absolute atomic E-state index is 0.0705. The van der Waals surface area contributed by atoms with Gasteiger partial charge in [0.1, 0.15) is 5.82 Å². The van der Waals surface area contributed by atoms with Gasteiger partial charge in [0.05, 0.1) is 6.20 Å². The SMILES string of the molecule is CCNC(=O)NCC1CCN(c2cnccn2)CC1. The van der Waals surface area contributed by atoms with E-state index in [2.05, 4.69) is 25.5 Å². The van der Waals surface area contributed by atoms with E-state index in [4.69, 9.17) is 0 Å². The molecule has 6 nitrogen and oxygen atoms in total. The van der Waals surface area contributed by atoms with Gasteiger partial charge in [0, 0.05) is 38.6 Å². The Hall–Kier alpha value is -1.85. The number of hydrogen-bond donors (Lipinski definition) is 2. The number of hydrogen-bond acceptors (Lipinski definition) is 4. The van der Waals surface area contributed by atoms with E-state index < -0.39 is 0 Å². The molecule has 0 radical (unpaired) electrons. The van der Waals surface area contributed by atoms with Gasteiger partial charge in [0.25, 0.3) is 0 Å². The summed E-state index contributed by atoms with van der Waals surface area (Å²) in [6.45, 7) is 5.27. The van der Waals surface area contributed by atoms with Crippen LogP contribution in [0.15, 0.2) is 18.6 Å². The Morgan fingerprint density at radius 1 is 1.37 bits per heavy atom. The molecule has 1 aromatic rings. The maximum absolute atomic E-state index is 11.3. The van der Waals surface area contributed by atoms with Crippen LogP contribution in [0.4, 0.5) is 10.6 Å². The van der Waals surface area contributed by atoms with Crippen LogP contribution in [-0.4, -0.2) is 42.2 Å². The van der Waals surface area contributed by atoms with Crippen molar-refractivity contribution in [2.75, 3.05) is 31.1 Å². The van der Waals surface area contributed by atoms with Crippen molar-refractivity contribution in [2.24, 2.45) is 5.92 Å². The molecule has 0 spiro atoms. The van der Waals surface area contributed by atoms with Crippen LogP contribution in [-0.2, 0) is 0 Å². The lowest BCUT2D eigenvalue weighted by Gasteiger charge is -2.32. The summed E-state index contributed by atoms with van der Waals surface area (Å²) in [6.07, 6.45) is 7.35. The number of nitrogens with one attached hydrogen (secondary N) is 2. The van der Waals surface area contributed by atoms with Crippen molar-refractivity contribution < 1.29 is 4.79 Å². The van der Waals surface area contributed by atoms with Gasteiger partial charge in [0.15, 0.2) is 0 Å². The standard InChI is InChI=1S/C13H21N5O/c1-2-15-13(19)17-9-11-3-7-18(8-4-11)12-10-14-5-6-16-12/h5-6,10-11H,2-4,7-9H2,1H3,(H2,15,17,19). The molecule has 0 aliphatic carbocycles. The number of aromatic nitrogens is 2. The van der Waals surface area contributed by atoms with E-state index in [1.165, 1.54) is 0 Å². The van der Waals surface area contributed by atoms with E-state index in [-0.39, 0.29) is 6.03 Å². The second-order valence-electron chi connectivity index (χ2n) is 4.73. The molecule has 2 heterocycles. The van der Waals surface area contributed by atoms with Crippen LogP contribution in [0.25, 0.3) is 0 Å². The van der Waals surface area contributed by atoms with Crippen LogP contribution < -0.4 is 15.5 Å². The normalized spacial score (nSPS) is 16.2. The van der Waals surface area contributed by atoms with Gasteiger partial charge in [-0.1, -0.05) is 0 Å². The van der Waals surface area contributed by atoms with Crippen molar-refractivity contribution in [3.8, 4) is 0 Å². The summed E-state index contributed by atoms with van der Waals surface area (Å²) in [5, 5.41) is 5.65. The second-order valence-corrected chi connectivity index (χ2v) is 4.73. The van der Waals surface area contributed by atoms with Crippen molar-refractivity contribution in [1.82, 2.24) is 20.6 Å². The molecule has 1 saturated heterocycles. The average Bonchev–Trinajstić information content (AvgIpc) is 2.47. The fourth-order valence-corrected chi connectivity index (χ4v) is 2.28. The fourth-order valence-electron chi connectivity index (χ4n) is 2.28. The first-order chi connectivity index (χ1) is 9.29. The number of anilines is 1. The smallest absolute Gasteiger partial charge is 0.314 e. The van der Waals surface area contributed by atoms with Gasteiger partial charge in [0.2, 0.25) is 0 Å². The summed E-state index contributed by atoms with van der Waals surface area (Å²) >= 11 is 0. The molecule has 1 aromatic heterocycles. The molecule has 2 rings (SSSR count). The molecule has 2 N–H and O–H groups in total. The predicted octanol–water partition coefficient (Wildman–Crippen LogP) is 1.01. The number of rotatable bonds is 4. The van der Waals surface area contributed by atoms with Crippen LogP contribution in [0.2, 0.25) is 0 Å². The Balaban J connectivity index is 1.72. The molecule has 1 aliphatic heterocycles. The Morgan fingerprint density at radius 3 is 2.79 bits per heavy atom. The third-order valence-electron chi connectivity index (χ3n) is 3.38. The van der Waals surface area contributed by atoms with E-state index in [0.717, 1.165) is 38.3 Å². The molecule has 1 aliphatic rings. The summed E-state index contributed by atoms with van der Waals surface area (Å²) < 4.78 is 0. The van der Waals surface area contributed by atoms with Gasteiger partial charge in [-0.2, -0.15) is 0 Å². The maximum Gasteiger partial charge on any atom is 0.314 e. The second kappa shape index (κ2) is 6.92. The van der Waals surface area contributed by atoms with Crippen molar-refractivity contribution in [3.63, 3.8) is 0 Å². The highest BCUT2D eigenvalue weighted by Crippen LogP contribution is 2.20. The molecule has 0 unspecified atom stereocenters. The molecule has 0 bridgehead atoms. The van der Waals surface area contributed by atoms with Crippen LogP contribution in [0, 0.1) is 5.92 Å². The van der Waals surface area contributed by atoms with Crippen molar-refractivity contribution in [1.29, 1.82) is 0 Å². The molecular weight excluding hydrogens is 242 g/mol. The summed E-state index contributed by atoms with van der Waals surface area (Å²) in [4.78, 5) is 22.0. The number of amides is 2. The topological polar surface area (TPSA) is 70.2 Å². The Bertz CT molecular complexity index is 389. The Labute approximate surface area is 113 Å². The number of piperidine rings is 1. The van der Waals surface area contributed by atoms with Crippen molar-refractivity contribution in [2.45, 2.75) is 19.8 Å². The summed E-state index contributed by atoms with van der Waals surface area (Å²) in [5.74, 6) is 1.49. The zero-order chi connectivity index (χ0) is 13.5. The molecule has 6 heteroatoms. The van der Waals surface area contributed by atoms with Gasteiger partial charge < -0.3 is 15.5 Å². The minimum atomic E-state index is -0.0705. The van der Waals surface area contributed by atoms with Crippen molar-refractivity contribution in [3.05, 3.63) is 18.6 Å². The molecule has 19 heavy (non-hydrogen) atoms. The highest BCUT2D eigenvalue weighted by atomic mass is 16.2. The van der Waals surface area contributed by atoms with Crippen LogP contribution in [0.3, 0.4) is 0 Å². The average molecular weight is 263 g/mol. The van der Waals surface area contributed by atoms with Gasteiger partial charge in [-0.05, 0) is 25.7 Å². The third-order valence-corrected chi connectivity index (χ3v) is 3.38. The zero-order valence-electron chi connectivity index (χ0n) is 11.3. The van der Waals surface area contributed by atoms with Gasteiger partial charge in [-0.15, -0.1) is 0 Å². The Morgan fingerprint density at radius 2 is 2.16 bits per heavy atom. The van der Waals surface area contributed by atoms with E-state index >= 15 is 0 Å². The highest BCUT2D eigenvalue weighted by Gasteiger charge is 2.20. The lowest BCUT2D eigenvalue weighted by Crippen LogP contribution is -2.42. The minimum Gasteiger partial charge on any atom is -0.355 e. The molecule has 104 valence electrons. The first-order valence-electron chi connectivity index (χ1n) is 6.82. The molecule has 2 amide bonds. The molecule has 1 fully saturated rings. The number of carbonyl (C=O) groups is 1. The van der Waals surface area contributed by atoms with Gasteiger partial charge in [-0.3, -0.25) is 4.98 Å². The molecule has 0 atom stereocenters. The van der Waals surface area contributed by atoms with Gasteiger partial charge >= 0.3 is 6.03 Å². The lowest BCUT2D eigenvalue weighted by atomic mass is 9.97. The quantitative estimate of drug-likeness (QED) is 0.850. The first kappa shape index (κ1) is 13.6. The molecule has 0 saturated carbocycles. The maximum atomic E-state index is 11.3. The van der Waals surface area contributed by atoms with E-state index in [9.17, 15) is 4.79 Å². The molecular formula is C13H21N5O. The molecule has 0 aromatic carbocycles. The Kier molecular flexibility index (Phi) is 4.94. The zero-order valence-corrected chi connectivity index (χ0v) is 11.3. The van der Waals surface area contributed by atoms with Crippen LogP contribution in [0.1, 0.15) is 19.8 Å². The summed E-state index contributed by atoms with van der Waals surface area (Å²) in [7, 11) is 0. The van der Waals surface area contributed by atoms with E-state index in [0.29, 0.717) is 12.5 Å². The largest absolute Gasteiger partial charge is 0.355 e. The number of carbonyl (C=O) groups excluding carboxylic acids is 1. The number of nitrogens with zero attached hydrogens (tertiary/aromatic N) is 3. The monoisotopic (exact) mass is 263 g/mol. The van der Waals surface area contributed by atoms with Crippen LogP contribution >= 0.6 is 0 Å². The lowest BCUT2D eigenvalue weighted by molar-refractivity contribution is 0.238. The van der Waals surface area contributed by atoms with Crippen molar-refractivity contribution >= 4 is 11.8 Å². The number of urea groups is 1. The summed E-state index contributed by atoms with van der Waals surface area (Å²) in [5.41, 5.74) is 0. The fraction of sp³-hybridized carbons (Fsp3) is 0.615. The van der Waals surface area contributed by atoms with E-state index in [1.807, 2.05) is 6.92 Å². The summed E-state index contributed by atoms with van der Waals surface area (Å²) in [6, 6.07) is -0.0705. The highest BCUT2D eigenvalue weighted by molar-refractivity contribution is 5.73. The van der Waals surface area contributed by atoms with E-state index in [1.54, 1.807) is 18.6 Å². The van der Waals surface area contributed by atoms with Crippen LogP contribution in [0.5, 0.6) is 0 Å². The first-order valence-corrected chi connectivity index (χ1v) is 6.82.